The molecular formula is C19H20FN3OS2. The highest BCUT2D eigenvalue weighted by Gasteiger charge is 2.37. The number of rotatable bonds is 7. The van der Waals surface area contributed by atoms with Gasteiger partial charge in [-0.1, -0.05) is 49.7 Å². The molecule has 1 atom stereocenters. The van der Waals surface area contributed by atoms with Crippen LogP contribution in [0.5, 0.6) is 0 Å². The van der Waals surface area contributed by atoms with Crippen LogP contribution in [0.4, 0.5) is 4.39 Å². The molecule has 0 saturated carbocycles. The van der Waals surface area contributed by atoms with E-state index in [0.29, 0.717) is 11.7 Å². The van der Waals surface area contributed by atoms with Gasteiger partial charge in [-0.15, -0.1) is 16.4 Å². The fraction of sp³-hybridized carbons (Fsp3) is 0.316. The maximum Gasteiger partial charge on any atom is 0.242 e. The second kappa shape index (κ2) is 9.09. The molecule has 0 spiro atoms. The molecule has 136 valence electrons. The van der Waals surface area contributed by atoms with Crippen LogP contribution >= 0.6 is 23.1 Å². The Hall–Kier alpha value is -1.99. The van der Waals surface area contributed by atoms with E-state index in [2.05, 4.69) is 17.1 Å². The highest BCUT2D eigenvalue weighted by Crippen LogP contribution is 2.32. The number of amides is 1. The SMILES string of the molecule is CCCCC1SC(=NN=Cc2cccs2)N(Cc2ccc(F)cc2)C1=O. The third kappa shape index (κ3) is 4.80. The van der Waals surface area contributed by atoms with Crippen LogP contribution in [0.2, 0.25) is 0 Å². The van der Waals surface area contributed by atoms with E-state index in [1.54, 1.807) is 34.6 Å². The molecule has 1 unspecified atom stereocenters. The molecule has 1 fully saturated rings. The topological polar surface area (TPSA) is 45.0 Å². The minimum atomic E-state index is -0.286. The highest BCUT2D eigenvalue weighted by atomic mass is 32.2. The number of hydrogen-bond acceptors (Lipinski definition) is 5. The largest absolute Gasteiger partial charge is 0.284 e. The Labute approximate surface area is 160 Å². The van der Waals surface area contributed by atoms with Gasteiger partial charge in [0.15, 0.2) is 5.17 Å². The van der Waals surface area contributed by atoms with E-state index in [1.165, 1.54) is 23.9 Å². The normalized spacial score (nSPS) is 19.2. The number of unbranched alkanes of at least 4 members (excludes halogenated alkanes) is 1. The third-order valence-corrected chi connectivity index (χ3v) is 6.01. The van der Waals surface area contributed by atoms with Crippen molar-refractivity contribution in [3.8, 4) is 0 Å². The first-order chi connectivity index (χ1) is 12.7. The lowest BCUT2D eigenvalue weighted by Gasteiger charge is -2.15. The fourth-order valence-electron chi connectivity index (χ4n) is 2.58. The number of halogens is 1. The van der Waals surface area contributed by atoms with Gasteiger partial charge < -0.3 is 0 Å². The van der Waals surface area contributed by atoms with Gasteiger partial charge in [0.2, 0.25) is 5.91 Å². The lowest BCUT2D eigenvalue weighted by Crippen LogP contribution is -2.31. The van der Waals surface area contributed by atoms with Gasteiger partial charge in [0.05, 0.1) is 18.0 Å². The molecule has 2 heterocycles. The second-order valence-corrected chi connectivity index (χ2v) is 8.09. The van der Waals surface area contributed by atoms with Crippen LogP contribution in [0, 0.1) is 5.82 Å². The Morgan fingerprint density at radius 3 is 2.77 bits per heavy atom. The number of thiophene rings is 1. The van der Waals surface area contributed by atoms with E-state index in [-0.39, 0.29) is 17.0 Å². The summed E-state index contributed by atoms with van der Waals surface area (Å²) >= 11 is 3.05. The van der Waals surface area contributed by atoms with Crippen LogP contribution in [-0.2, 0) is 11.3 Å². The van der Waals surface area contributed by atoms with Crippen molar-refractivity contribution in [3.05, 3.63) is 58.0 Å². The number of benzene rings is 1. The summed E-state index contributed by atoms with van der Waals surface area (Å²) in [6.07, 6.45) is 4.57. The van der Waals surface area contributed by atoms with Crippen LogP contribution in [0.25, 0.3) is 0 Å². The Morgan fingerprint density at radius 2 is 2.08 bits per heavy atom. The number of nitrogens with zero attached hydrogens (tertiary/aromatic N) is 3. The molecule has 1 saturated heterocycles. The van der Waals surface area contributed by atoms with E-state index in [0.717, 1.165) is 29.7 Å². The molecule has 3 rings (SSSR count). The second-order valence-electron chi connectivity index (χ2n) is 5.94. The molecule has 1 aliphatic heterocycles. The first-order valence-corrected chi connectivity index (χ1v) is 10.3. The number of carbonyl (C=O) groups is 1. The molecule has 1 aliphatic rings. The fourth-order valence-corrected chi connectivity index (χ4v) is 4.30. The summed E-state index contributed by atoms with van der Waals surface area (Å²) in [4.78, 5) is 15.5. The quantitative estimate of drug-likeness (QED) is 0.499. The highest BCUT2D eigenvalue weighted by molar-refractivity contribution is 8.15. The Balaban J connectivity index is 1.78. The smallest absolute Gasteiger partial charge is 0.242 e. The Morgan fingerprint density at radius 1 is 1.27 bits per heavy atom. The van der Waals surface area contributed by atoms with Gasteiger partial charge in [-0.05, 0) is 35.6 Å². The molecule has 1 aromatic heterocycles. The number of thioether (sulfide) groups is 1. The zero-order valence-electron chi connectivity index (χ0n) is 14.5. The van der Waals surface area contributed by atoms with Gasteiger partial charge >= 0.3 is 0 Å². The first-order valence-electron chi connectivity index (χ1n) is 8.54. The number of amidine groups is 1. The zero-order chi connectivity index (χ0) is 18.4. The third-order valence-electron chi connectivity index (χ3n) is 3.97. The van der Waals surface area contributed by atoms with Crippen molar-refractivity contribution in [3.63, 3.8) is 0 Å². The van der Waals surface area contributed by atoms with E-state index in [9.17, 15) is 9.18 Å². The molecule has 7 heteroatoms. The molecule has 0 radical (unpaired) electrons. The molecule has 1 amide bonds. The van der Waals surface area contributed by atoms with Crippen molar-refractivity contribution in [2.75, 3.05) is 0 Å². The lowest BCUT2D eigenvalue weighted by atomic mass is 10.1. The molecule has 0 N–H and O–H groups in total. The van der Waals surface area contributed by atoms with E-state index < -0.39 is 0 Å². The van der Waals surface area contributed by atoms with Crippen molar-refractivity contribution in [1.29, 1.82) is 0 Å². The zero-order valence-corrected chi connectivity index (χ0v) is 16.1. The maximum atomic E-state index is 13.1. The maximum absolute atomic E-state index is 13.1. The molecule has 26 heavy (non-hydrogen) atoms. The summed E-state index contributed by atoms with van der Waals surface area (Å²) in [5.74, 6) is -0.232. The molecule has 4 nitrogen and oxygen atoms in total. The van der Waals surface area contributed by atoms with Crippen molar-refractivity contribution in [2.24, 2.45) is 10.2 Å². The summed E-state index contributed by atoms with van der Waals surface area (Å²) < 4.78 is 13.1. The minimum absolute atomic E-state index is 0.0536. The first kappa shape index (κ1) is 18.8. The average Bonchev–Trinajstić information content (AvgIpc) is 3.25. The predicted octanol–water partition coefficient (Wildman–Crippen LogP) is 4.91. The molecule has 1 aromatic carbocycles. The van der Waals surface area contributed by atoms with E-state index in [1.807, 2.05) is 17.5 Å². The van der Waals surface area contributed by atoms with Crippen LogP contribution in [-0.4, -0.2) is 27.4 Å². The summed E-state index contributed by atoms with van der Waals surface area (Å²) in [5.41, 5.74) is 0.867. The number of hydrogen-bond donors (Lipinski definition) is 0. The van der Waals surface area contributed by atoms with Crippen molar-refractivity contribution >= 4 is 40.4 Å². The predicted molar refractivity (Wildman–Crippen MR) is 107 cm³/mol. The number of carbonyl (C=O) groups excluding carboxylic acids is 1. The van der Waals surface area contributed by atoms with Crippen molar-refractivity contribution in [2.45, 2.75) is 38.0 Å². The molecule has 0 aliphatic carbocycles. The summed E-state index contributed by atoms with van der Waals surface area (Å²) in [6, 6.07) is 10.1. The van der Waals surface area contributed by atoms with Gasteiger partial charge in [-0.3, -0.25) is 9.69 Å². The summed E-state index contributed by atoms with van der Waals surface area (Å²) in [6.45, 7) is 2.49. The van der Waals surface area contributed by atoms with E-state index in [4.69, 9.17) is 0 Å². The van der Waals surface area contributed by atoms with Crippen LogP contribution in [0.1, 0.15) is 36.6 Å². The van der Waals surface area contributed by atoms with Gasteiger partial charge in [0, 0.05) is 4.88 Å². The van der Waals surface area contributed by atoms with Gasteiger partial charge in [-0.25, -0.2) is 4.39 Å². The van der Waals surface area contributed by atoms with Crippen LogP contribution in [0.3, 0.4) is 0 Å². The Kier molecular flexibility index (Phi) is 6.57. The van der Waals surface area contributed by atoms with Crippen molar-refractivity contribution in [1.82, 2.24) is 4.90 Å². The monoisotopic (exact) mass is 389 g/mol. The van der Waals surface area contributed by atoms with Gasteiger partial charge in [-0.2, -0.15) is 5.10 Å². The molecule has 2 aromatic rings. The van der Waals surface area contributed by atoms with Crippen LogP contribution < -0.4 is 0 Å². The van der Waals surface area contributed by atoms with E-state index >= 15 is 0 Å². The summed E-state index contributed by atoms with van der Waals surface area (Å²) in [5, 5.41) is 10.9. The van der Waals surface area contributed by atoms with Gasteiger partial charge in [0.1, 0.15) is 5.82 Å². The summed E-state index contributed by atoms with van der Waals surface area (Å²) in [7, 11) is 0. The minimum Gasteiger partial charge on any atom is -0.284 e. The lowest BCUT2D eigenvalue weighted by molar-refractivity contribution is -0.126. The van der Waals surface area contributed by atoms with Crippen molar-refractivity contribution < 1.29 is 9.18 Å². The van der Waals surface area contributed by atoms with Crippen LogP contribution in [0.15, 0.2) is 52.0 Å². The molecular weight excluding hydrogens is 369 g/mol. The molecule has 0 bridgehead atoms. The Bertz CT molecular complexity index is 788. The average molecular weight is 390 g/mol. The van der Waals surface area contributed by atoms with Gasteiger partial charge in [0.25, 0.3) is 0 Å². The standard InChI is InChI=1S/C19H20FN3OS2/c1-2-3-6-17-18(24)23(13-14-7-9-15(20)10-8-14)19(26-17)22-21-12-16-5-4-11-25-16/h4-5,7-12,17H,2-3,6,13H2,1H3.